The van der Waals surface area contributed by atoms with Crippen molar-refractivity contribution in [2.45, 2.75) is 4.90 Å². The van der Waals surface area contributed by atoms with Gasteiger partial charge in [-0.05, 0) is 42.7 Å². The predicted octanol–water partition coefficient (Wildman–Crippen LogP) is 3.25. The van der Waals surface area contributed by atoms with Gasteiger partial charge in [0, 0.05) is 10.5 Å². The Morgan fingerprint density at radius 3 is 2.50 bits per heavy atom. The first-order valence-electron chi connectivity index (χ1n) is 7.65. The van der Waals surface area contributed by atoms with Crippen molar-refractivity contribution in [3.63, 3.8) is 0 Å². The van der Waals surface area contributed by atoms with Crippen LogP contribution in [0.4, 0.5) is 6.01 Å². The van der Waals surface area contributed by atoms with Crippen LogP contribution in [-0.4, -0.2) is 34.9 Å². The van der Waals surface area contributed by atoms with Gasteiger partial charge < -0.3 is 9.15 Å². The largest absolute Gasteiger partial charge is 0.452 e. The number of amides is 1. The lowest BCUT2D eigenvalue weighted by atomic mass is 10.2. The van der Waals surface area contributed by atoms with E-state index in [4.69, 9.17) is 9.15 Å². The molecule has 1 heterocycles. The SMILES string of the molecule is CSc1ccc(C(=O)OCC(=O)Nc2nnc(-c3ccccc3)o2)cc1. The molecule has 0 saturated carbocycles. The topological polar surface area (TPSA) is 94.3 Å². The number of carbonyl (C=O) groups excluding carboxylic acids is 2. The molecule has 0 aliphatic heterocycles. The molecule has 0 spiro atoms. The Labute approximate surface area is 153 Å². The molecule has 3 rings (SSSR count). The van der Waals surface area contributed by atoms with Crippen LogP contribution in [0.5, 0.6) is 0 Å². The van der Waals surface area contributed by atoms with E-state index in [1.807, 2.05) is 48.7 Å². The molecule has 1 N–H and O–H groups in total. The van der Waals surface area contributed by atoms with Crippen LogP contribution in [0.3, 0.4) is 0 Å². The van der Waals surface area contributed by atoms with Gasteiger partial charge in [-0.1, -0.05) is 23.3 Å². The minimum Gasteiger partial charge on any atom is -0.452 e. The highest BCUT2D eigenvalue weighted by Crippen LogP contribution is 2.19. The summed E-state index contributed by atoms with van der Waals surface area (Å²) in [6.07, 6.45) is 1.94. The monoisotopic (exact) mass is 369 g/mol. The van der Waals surface area contributed by atoms with Crippen LogP contribution in [0.25, 0.3) is 11.5 Å². The van der Waals surface area contributed by atoms with Crippen LogP contribution in [-0.2, 0) is 9.53 Å². The maximum absolute atomic E-state index is 11.9. The fourth-order valence-electron chi connectivity index (χ4n) is 2.07. The maximum Gasteiger partial charge on any atom is 0.338 e. The fraction of sp³-hybridized carbons (Fsp3) is 0.111. The van der Waals surface area contributed by atoms with Crippen LogP contribution in [0, 0.1) is 0 Å². The Bertz CT molecular complexity index is 894. The van der Waals surface area contributed by atoms with Crippen molar-refractivity contribution in [2.24, 2.45) is 0 Å². The lowest BCUT2D eigenvalue weighted by Gasteiger charge is -2.04. The summed E-state index contributed by atoms with van der Waals surface area (Å²) in [6, 6.07) is 16.0. The lowest BCUT2D eigenvalue weighted by molar-refractivity contribution is -0.119. The maximum atomic E-state index is 11.9. The molecule has 0 aliphatic rings. The van der Waals surface area contributed by atoms with Gasteiger partial charge in [0.2, 0.25) is 5.89 Å². The highest BCUT2D eigenvalue weighted by Gasteiger charge is 2.14. The van der Waals surface area contributed by atoms with E-state index in [9.17, 15) is 9.59 Å². The van der Waals surface area contributed by atoms with Gasteiger partial charge in [-0.2, -0.15) is 0 Å². The minimum atomic E-state index is -0.580. The molecule has 132 valence electrons. The number of rotatable bonds is 6. The third-order valence-corrected chi connectivity index (χ3v) is 4.10. The predicted molar refractivity (Wildman–Crippen MR) is 96.9 cm³/mol. The molecule has 0 aliphatic carbocycles. The van der Waals surface area contributed by atoms with E-state index in [1.165, 1.54) is 0 Å². The number of aromatic nitrogens is 2. The summed E-state index contributed by atoms with van der Waals surface area (Å²) in [4.78, 5) is 24.8. The third kappa shape index (κ3) is 4.48. The zero-order valence-electron chi connectivity index (χ0n) is 13.8. The van der Waals surface area contributed by atoms with E-state index in [0.717, 1.165) is 10.5 Å². The molecule has 8 heteroatoms. The van der Waals surface area contributed by atoms with Crippen molar-refractivity contribution in [1.29, 1.82) is 0 Å². The Hall–Kier alpha value is -3.13. The van der Waals surface area contributed by atoms with E-state index in [1.54, 1.807) is 23.9 Å². The summed E-state index contributed by atoms with van der Waals surface area (Å²) < 4.78 is 10.3. The molecular weight excluding hydrogens is 354 g/mol. The number of nitrogens with zero attached hydrogens (tertiary/aromatic N) is 2. The summed E-state index contributed by atoms with van der Waals surface area (Å²) in [6.45, 7) is -0.452. The third-order valence-electron chi connectivity index (χ3n) is 3.35. The van der Waals surface area contributed by atoms with Crippen LogP contribution >= 0.6 is 11.8 Å². The van der Waals surface area contributed by atoms with Crippen molar-refractivity contribution < 1.29 is 18.7 Å². The molecule has 3 aromatic rings. The first-order valence-corrected chi connectivity index (χ1v) is 8.88. The van der Waals surface area contributed by atoms with Gasteiger partial charge in [0.1, 0.15) is 0 Å². The van der Waals surface area contributed by atoms with Crippen molar-refractivity contribution in [1.82, 2.24) is 10.2 Å². The van der Waals surface area contributed by atoms with Gasteiger partial charge in [-0.15, -0.1) is 16.9 Å². The standard InChI is InChI=1S/C18H15N3O4S/c1-26-14-9-7-13(8-10-14)17(23)24-11-15(22)19-18-21-20-16(25-18)12-5-3-2-4-6-12/h2-10H,11H2,1H3,(H,19,21,22). The molecular formula is C18H15N3O4S. The van der Waals surface area contributed by atoms with E-state index >= 15 is 0 Å². The van der Waals surface area contributed by atoms with Gasteiger partial charge in [0.05, 0.1) is 5.56 Å². The summed E-state index contributed by atoms with van der Waals surface area (Å²) >= 11 is 1.57. The van der Waals surface area contributed by atoms with Crippen LogP contribution < -0.4 is 5.32 Å². The number of esters is 1. The average Bonchev–Trinajstić information content (AvgIpc) is 3.15. The highest BCUT2D eigenvalue weighted by molar-refractivity contribution is 7.98. The molecule has 0 saturated heterocycles. The Morgan fingerprint density at radius 2 is 1.81 bits per heavy atom. The van der Waals surface area contributed by atoms with Crippen molar-refractivity contribution in [3.05, 3.63) is 60.2 Å². The summed E-state index contributed by atoms with van der Waals surface area (Å²) in [7, 11) is 0. The number of anilines is 1. The second-order valence-electron chi connectivity index (χ2n) is 5.13. The molecule has 0 fully saturated rings. The van der Waals surface area contributed by atoms with Crippen molar-refractivity contribution in [2.75, 3.05) is 18.2 Å². The highest BCUT2D eigenvalue weighted by atomic mass is 32.2. The second kappa shape index (κ2) is 8.30. The fourth-order valence-corrected chi connectivity index (χ4v) is 2.48. The van der Waals surface area contributed by atoms with Crippen LogP contribution in [0.15, 0.2) is 63.9 Å². The molecule has 0 bridgehead atoms. The average molecular weight is 369 g/mol. The van der Waals surface area contributed by atoms with Crippen molar-refractivity contribution in [3.8, 4) is 11.5 Å². The Morgan fingerprint density at radius 1 is 1.08 bits per heavy atom. The summed E-state index contributed by atoms with van der Waals surface area (Å²) in [5.74, 6) is -0.863. The Kier molecular flexibility index (Phi) is 5.65. The number of hydrogen-bond acceptors (Lipinski definition) is 7. The van der Waals surface area contributed by atoms with Gasteiger partial charge in [-0.3, -0.25) is 10.1 Å². The first-order chi connectivity index (χ1) is 12.7. The van der Waals surface area contributed by atoms with E-state index in [2.05, 4.69) is 15.5 Å². The minimum absolute atomic E-state index is 0.0609. The van der Waals surface area contributed by atoms with E-state index in [0.29, 0.717) is 5.56 Å². The van der Waals surface area contributed by atoms with Gasteiger partial charge in [0.15, 0.2) is 6.61 Å². The first kappa shape index (κ1) is 17.7. The Balaban J connectivity index is 1.52. The summed E-state index contributed by atoms with van der Waals surface area (Å²) in [5, 5.41) is 10.0. The quantitative estimate of drug-likeness (QED) is 0.526. The normalized spacial score (nSPS) is 10.3. The van der Waals surface area contributed by atoms with Crippen molar-refractivity contribution >= 4 is 29.7 Å². The van der Waals surface area contributed by atoms with Gasteiger partial charge in [-0.25, -0.2) is 4.79 Å². The van der Waals surface area contributed by atoms with Gasteiger partial charge in [0.25, 0.3) is 5.91 Å². The molecule has 0 unspecified atom stereocenters. The zero-order valence-corrected chi connectivity index (χ0v) is 14.7. The van der Waals surface area contributed by atoms with E-state index < -0.39 is 18.5 Å². The molecule has 1 aromatic heterocycles. The lowest BCUT2D eigenvalue weighted by Crippen LogP contribution is -2.21. The number of thioether (sulfide) groups is 1. The molecule has 26 heavy (non-hydrogen) atoms. The number of carbonyl (C=O) groups is 2. The molecule has 0 atom stereocenters. The smallest absolute Gasteiger partial charge is 0.338 e. The number of ether oxygens (including phenoxy) is 1. The molecule has 1 amide bonds. The molecule has 0 radical (unpaired) electrons. The number of hydrogen-bond donors (Lipinski definition) is 1. The number of benzene rings is 2. The zero-order chi connectivity index (χ0) is 18.4. The van der Waals surface area contributed by atoms with E-state index in [-0.39, 0.29) is 11.9 Å². The van der Waals surface area contributed by atoms with Gasteiger partial charge >= 0.3 is 12.0 Å². The van der Waals surface area contributed by atoms with Crippen LogP contribution in [0.1, 0.15) is 10.4 Å². The van der Waals surface area contributed by atoms with Crippen LogP contribution in [0.2, 0.25) is 0 Å². The molecule has 7 nitrogen and oxygen atoms in total. The number of nitrogens with one attached hydrogen (secondary N) is 1. The second-order valence-corrected chi connectivity index (χ2v) is 6.01. The molecule has 2 aromatic carbocycles. The summed E-state index contributed by atoms with van der Waals surface area (Å²) in [5.41, 5.74) is 1.11.